The van der Waals surface area contributed by atoms with Gasteiger partial charge >= 0.3 is 6.03 Å². The first kappa shape index (κ1) is 11.3. The molecule has 0 bridgehead atoms. The summed E-state index contributed by atoms with van der Waals surface area (Å²) in [4.78, 5) is 13.5. The van der Waals surface area contributed by atoms with Crippen LogP contribution >= 0.6 is 0 Å². The van der Waals surface area contributed by atoms with Crippen molar-refractivity contribution in [1.29, 1.82) is 0 Å². The van der Waals surface area contributed by atoms with E-state index in [0.29, 0.717) is 6.61 Å². The van der Waals surface area contributed by atoms with Gasteiger partial charge < -0.3 is 15.0 Å². The molecule has 2 amide bonds. The fourth-order valence-electron chi connectivity index (χ4n) is 1.59. The van der Waals surface area contributed by atoms with Crippen LogP contribution in [0.5, 0.6) is 0 Å². The molecule has 0 aromatic heterocycles. The summed E-state index contributed by atoms with van der Waals surface area (Å²) in [7, 11) is 0. The third kappa shape index (κ3) is 3.18. The Labute approximate surface area is 85.6 Å². The number of rotatable bonds is 4. The minimum Gasteiger partial charge on any atom is -0.379 e. The Bertz CT molecular complexity index is 179. The molecule has 1 unspecified atom stereocenters. The van der Waals surface area contributed by atoms with Crippen molar-refractivity contribution in [2.24, 2.45) is 0 Å². The van der Waals surface area contributed by atoms with Crippen LogP contribution in [0.4, 0.5) is 4.79 Å². The Morgan fingerprint density at radius 1 is 1.57 bits per heavy atom. The quantitative estimate of drug-likeness (QED) is 0.741. The topological polar surface area (TPSA) is 41.6 Å². The van der Waals surface area contributed by atoms with Crippen LogP contribution in [-0.4, -0.2) is 43.3 Å². The molecule has 1 saturated heterocycles. The van der Waals surface area contributed by atoms with Crippen LogP contribution in [-0.2, 0) is 4.74 Å². The molecule has 1 aliphatic rings. The minimum atomic E-state index is 0.0462. The molecule has 0 aromatic carbocycles. The summed E-state index contributed by atoms with van der Waals surface area (Å²) in [6.45, 7) is 7.11. The zero-order valence-corrected chi connectivity index (χ0v) is 9.08. The molecule has 1 aliphatic heterocycles. The maximum absolute atomic E-state index is 11.7. The van der Waals surface area contributed by atoms with E-state index in [9.17, 15) is 4.79 Å². The highest BCUT2D eigenvalue weighted by Crippen LogP contribution is 2.04. The molecule has 4 heteroatoms. The van der Waals surface area contributed by atoms with Crippen LogP contribution in [0.15, 0.2) is 0 Å². The largest absolute Gasteiger partial charge is 0.379 e. The van der Waals surface area contributed by atoms with E-state index in [4.69, 9.17) is 4.74 Å². The van der Waals surface area contributed by atoms with Gasteiger partial charge in [-0.2, -0.15) is 0 Å². The van der Waals surface area contributed by atoms with E-state index in [2.05, 4.69) is 12.2 Å². The predicted molar refractivity (Wildman–Crippen MR) is 55.3 cm³/mol. The van der Waals surface area contributed by atoms with Gasteiger partial charge in [-0.05, 0) is 19.8 Å². The van der Waals surface area contributed by atoms with E-state index in [1.54, 1.807) is 0 Å². The van der Waals surface area contributed by atoms with Crippen molar-refractivity contribution < 1.29 is 9.53 Å². The summed E-state index contributed by atoms with van der Waals surface area (Å²) in [6, 6.07) is 0.262. The minimum absolute atomic E-state index is 0.0462. The van der Waals surface area contributed by atoms with Gasteiger partial charge in [-0.1, -0.05) is 6.92 Å². The summed E-state index contributed by atoms with van der Waals surface area (Å²) >= 11 is 0. The molecule has 0 saturated carbocycles. The SMILES string of the molecule is CCCN(CC)C(=O)NC1CCOC1. The number of hydrogen-bond donors (Lipinski definition) is 1. The number of carbonyl (C=O) groups is 1. The first-order valence-corrected chi connectivity index (χ1v) is 5.41. The molecule has 4 nitrogen and oxygen atoms in total. The van der Waals surface area contributed by atoms with Crippen molar-refractivity contribution in [2.45, 2.75) is 32.7 Å². The summed E-state index contributed by atoms with van der Waals surface area (Å²) in [5.74, 6) is 0. The van der Waals surface area contributed by atoms with Crippen molar-refractivity contribution in [3.8, 4) is 0 Å². The lowest BCUT2D eigenvalue weighted by molar-refractivity contribution is 0.179. The number of amides is 2. The molecule has 82 valence electrons. The van der Waals surface area contributed by atoms with E-state index < -0.39 is 0 Å². The van der Waals surface area contributed by atoms with Gasteiger partial charge in [0.2, 0.25) is 0 Å². The molecule has 14 heavy (non-hydrogen) atoms. The smallest absolute Gasteiger partial charge is 0.317 e. The second kappa shape index (κ2) is 5.86. The van der Waals surface area contributed by atoms with E-state index in [-0.39, 0.29) is 12.1 Å². The monoisotopic (exact) mass is 200 g/mol. The average Bonchev–Trinajstić information content (AvgIpc) is 2.66. The number of hydrogen-bond acceptors (Lipinski definition) is 2. The normalized spacial score (nSPS) is 20.9. The maximum atomic E-state index is 11.7. The Morgan fingerprint density at radius 2 is 2.36 bits per heavy atom. The average molecular weight is 200 g/mol. The third-order valence-electron chi connectivity index (χ3n) is 2.42. The van der Waals surface area contributed by atoms with Crippen LogP contribution in [0.1, 0.15) is 26.7 Å². The van der Waals surface area contributed by atoms with E-state index >= 15 is 0 Å². The molecular weight excluding hydrogens is 180 g/mol. The van der Waals surface area contributed by atoms with Gasteiger partial charge in [0, 0.05) is 19.7 Å². The number of carbonyl (C=O) groups excluding carboxylic acids is 1. The highest BCUT2D eigenvalue weighted by atomic mass is 16.5. The van der Waals surface area contributed by atoms with Gasteiger partial charge in [-0.3, -0.25) is 0 Å². The molecule has 1 heterocycles. The van der Waals surface area contributed by atoms with Crippen LogP contribution < -0.4 is 5.32 Å². The van der Waals surface area contributed by atoms with E-state index in [0.717, 1.165) is 32.5 Å². The Hall–Kier alpha value is -0.770. The Kier molecular flexibility index (Phi) is 4.73. The van der Waals surface area contributed by atoms with Gasteiger partial charge in [0.05, 0.1) is 12.6 Å². The highest BCUT2D eigenvalue weighted by molar-refractivity contribution is 5.74. The molecular formula is C10H20N2O2. The van der Waals surface area contributed by atoms with Crippen molar-refractivity contribution in [3.05, 3.63) is 0 Å². The van der Waals surface area contributed by atoms with E-state index in [1.165, 1.54) is 0 Å². The first-order chi connectivity index (χ1) is 6.77. The molecule has 0 spiro atoms. The molecule has 0 radical (unpaired) electrons. The second-order valence-electron chi connectivity index (χ2n) is 3.59. The maximum Gasteiger partial charge on any atom is 0.317 e. The number of urea groups is 1. The van der Waals surface area contributed by atoms with Gasteiger partial charge in [0.1, 0.15) is 0 Å². The summed E-state index contributed by atoms with van der Waals surface area (Å²) in [6.07, 6.45) is 1.94. The fraction of sp³-hybridized carbons (Fsp3) is 0.900. The first-order valence-electron chi connectivity index (χ1n) is 5.41. The molecule has 1 fully saturated rings. The second-order valence-corrected chi connectivity index (χ2v) is 3.59. The van der Waals surface area contributed by atoms with Gasteiger partial charge in [0.15, 0.2) is 0 Å². The predicted octanol–water partition coefficient (Wildman–Crippen LogP) is 1.22. The van der Waals surface area contributed by atoms with Crippen molar-refractivity contribution in [1.82, 2.24) is 10.2 Å². The number of nitrogens with one attached hydrogen (secondary N) is 1. The summed E-state index contributed by atoms with van der Waals surface area (Å²) in [5.41, 5.74) is 0. The van der Waals surface area contributed by atoms with E-state index in [1.807, 2.05) is 11.8 Å². The third-order valence-corrected chi connectivity index (χ3v) is 2.42. The zero-order valence-electron chi connectivity index (χ0n) is 9.08. The molecule has 0 aliphatic carbocycles. The molecule has 1 rings (SSSR count). The number of ether oxygens (including phenoxy) is 1. The fourth-order valence-corrected chi connectivity index (χ4v) is 1.59. The standard InChI is InChI=1S/C10H20N2O2/c1-3-6-12(4-2)10(13)11-9-5-7-14-8-9/h9H,3-8H2,1-2H3,(H,11,13). The van der Waals surface area contributed by atoms with Crippen LogP contribution in [0, 0.1) is 0 Å². The van der Waals surface area contributed by atoms with Crippen molar-refractivity contribution in [2.75, 3.05) is 26.3 Å². The Balaban J connectivity index is 2.30. The van der Waals surface area contributed by atoms with Crippen LogP contribution in [0.25, 0.3) is 0 Å². The van der Waals surface area contributed by atoms with Gasteiger partial charge in [-0.15, -0.1) is 0 Å². The van der Waals surface area contributed by atoms with Gasteiger partial charge in [0.25, 0.3) is 0 Å². The van der Waals surface area contributed by atoms with Crippen LogP contribution in [0.2, 0.25) is 0 Å². The Morgan fingerprint density at radius 3 is 2.86 bits per heavy atom. The van der Waals surface area contributed by atoms with Crippen LogP contribution in [0.3, 0.4) is 0 Å². The molecule has 0 aromatic rings. The lowest BCUT2D eigenvalue weighted by Crippen LogP contribution is -2.45. The zero-order chi connectivity index (χ0) is 10.4. The van der Waals surface area contributed by atoms with Crippen molar-refractivity contribution in [3.63, 3.8) is 0 Å². The summed E-state index contributed by atoms with van der Waals surface area (Å²) < 4.78 is 5.20. The highest BCUT2D eigenvalue weighted by Gasteiger charge is 2.19. The number of nitrogens with zero attached hydrogens (tertiary/aromatic N) is 1. The summed E-state index contributed by atoms with van der Waals surface area (Å²) in [5, 5.41) is 2.98. The molecule has 1 N–H and O–H groups in total. The lowest BCUT2D eigenvalue weighted by Gasteiger charge is -2.22. The lowest BCUT2D eigenvalue weighted by atomic mass is 10.3. The van der Waals surface area contributed by atoms with Gasteiger partial charge in [-0.25, -0.2) is 4.79 Å². The molecule has 1 atom stereocenters. The van der Waals surface area contributed by atoms with Crippen molar-refractivity contribution >= 4 is 6.03 Å².